The Bertz CT molecular complexity index is 673. The number of aromatic nitrogens is 3. The Morgan fingerprint density at radius 2 is 2.25 bits per heavy atom. The Labute approximate surface area is 141 Å². The number of carbonyl (C=O) groups excluding carboxylic acids is 1. The molecule has 1 atom stereocenters. The third-order valence-electron chi connectivity index (χ3n) is 4.40. The number of rotatable bonds is 5. The number of pyridine rings is 1. The van der Waals surface area contributed by atoms with E-state index in [1.165, 1.54) is 0 Å². The summed E-state index contributed by atoms with van der Waals surface area (Å²) in [5.41, 5.74) is 0. The molecule has 1 aliphatic rings. The summed E-state index contributed by atoms with van der Waals surface area (Å²) in [6.45, 7) is 5.29. The molecule has 2 aromatic heterocycles. The quantitative estimate of drug-likeness (QED) is 0.822. The standard InChI is InChI=1S/C17H23N5O2/c1-3-21-9-10-22(12-15(21)17-19-7-8-20(17)2)16(23)13-24-14-5-4-6-18-11-14/h4-8,11,15H,3,9-10,12-13H2,1-2H3/t15-/m1/s1. The van der Waals surface area contributed by atoms with E-state index >= 15 is 0 Å². The third-order valence-corrected chi connectivity index (χ3v) is 4.40. The van der Waals surface area contributed by atoms with Crippen LogP contribution in [0.25, 0.3) is 0 Å². The van der Waals surface area contributed by atoms with Gasteiger partial charge in [0.25, 0.3) is 5.91 Å². The molecule has 0 aromatic carbocycles. The van der Waals surface area contributed by atoms with E-state index in [-0.39, 0.29) is 18.6 Å². The Kier molecular flexibility index (Phi) is 5.10. The van der Waals surface area contributed by atoms with Crippen molar-refractivity contribution in [2.75, 3.05) is 32.8 Å². The van der Waals surface area contributed by atoms with Crippen LogP contribution in [0.3, 0.4) is 0 Å². The fraction of sp³-hybridized carbons (Fsp3) is 0.471. The normalized spacial score (nSPS) is 18.6. The molecule has 0 radical (unpaired) electrons. The van der Waals surface area contributed by atoms with Gasteiger partial charge in [-0.25, -0.2) is 4.98 Å². The van der Waals surface area contributed by atoms with Gasteiger partial charge in [0, 0.05) is 45.3 Å². The molecule has 7 heteroatoms. The van der Waals surface area contributed by atoms with E-state index in [1.807, 2.05) is 22.7 Å². The molecule has 2 aromatic rings. The van der Waals surface area contributed by atoms with Crippen LogP contribution >= 0.6 is 0 Å². The number of amides is 1. The minimum atomic E-state index is -0.00573. The molecular formula is C17H23N5O2. The second-order valence-corrected chi connectivity index (χ2v) is 5.86. The first-order valence-electron chi connectivity index (χ1n) is 8.21. The summed E-state index contributed by atoms with van der Waals surface area (Å²) in [6, 6.07) is 3.70. The second kappa shape index (κ2) is 7.44. The highest BCUT2D eigenvalue weighted by molar-refractivity contribution is 5.78. The Balaban J connectivity index is 1.64. The van der Waals surface area contributed by atoms with Crippen molar-refractivity contribution in [1.82, 2.24) is 24.3 Å². The monoisotopic (exact) mass is 329 g/mol. The van der Waals surface area contributed by atoms with Crippen LogP contribution in [-0.2, 0) is 11.8 Å². The van der Waals surface area contributed by atoms with Crippen LogP contribution in [0.1, 0.15) is 18.8 Å². The van der Waals surface area contributed by atoms with Gasteiger partial charge in [0.1, 0.15) is 11.6 Å². The molecule has 1 amide bonds. The van der Waals surface area contributed by atoms with Crippen LogP contribution in [0.15, 0.2) is 36.9 Å². The largest absolute Gasteiger partial charge is 0.482 e. The number of hydrogen-bond acceptors (Lipinski definition) is 5. The van der Waals surface area contributed by atoms with Gasteiger partial charge in [0.15, 0.2) is 6.61 Å². The predicted molar refractivity (Wildman–Crippen MR) is 89.5 cm³/mol. The first-order valence-corrected chi connectivity index (χ1v) is 8.21. The van der Waals surface area contributed by atoms with Gasteiger partial charge < -0.3 is 14.2 Å². The Morgan fingerprint density at radius 1 is 1.38 bits per heavy atom. The zero-order valence-corrected chi connectivity index (χ0v) is 14.1. The van der Waals surface area contributed by atoms with E-state index in [9.17, 15) is 4.79 Å². The smallest absolute Gasteiger partial charge is 0.260 e. The lowest BCUT2D eigenvalue weighted by atomic mass is 10.1. The average molecular weight is 329 g/mol. The van der Waals surface area contributed by atoms with E-state index < -0.39 is 0 Å². The van der Waals surface area contributed by atoms with Gasteiger partial charge in [0.05, 0.1) is 12.2 Å². The van der Waals surface area contributed by atoms with Crippen molar-refractivity contribution in [3.8, 4) is 5.75 Å². The van der Waals surface area contributed by atoms with Crippen LogP contribution in [-0.4, -0.2) is 63.0 Å². The topological polar surface area (TPSA) is 63.5 Å². The molecule has 1 saturated heterocycles. The van der Waals surface area contributed by atoms with Crippen LogP contribution in [0, 0.1) is 0 Å². The minimum absolute atomic E-state index is 0.00573. The van der Waals surface area contributed by atoms with Crippen molar-refractivity contribution >= 4 is 5.91 Å². The fourth-order valence-electron chi connectivity index (χ4n) is 3.04. The van der Waals surface area contributed by atoms with Crippen molar-refractivity contribution in [1.29, 1.82) is 0 Å². The van der Waals surface area contributed by atoms with Crippen LogP contribution < -0.4 is 4.74 Å². The number of aryl methyl sites for hydroxylation is 1. The summed E-state index contributed by atoms with van der Waals surface area (Å²) < 4.78 is 7.56. The predicted octanol–water partition coefficient (Wildman–Crippen LogP) is 1.10. The van der Waals surface area contributed by atoms with Crippen LogP contribution in [0.5, 0.6) is 5.75 Å². The number of likely N-dealkylation sites (N-methyl/N-ethyl adjacent to an activating group) is 1. The lowest BCUT2D eigenvalue weighted by molar-refractivity contribution is -0.136. The number of ether oxygens (including phenoxy) is 1. The van der Waals surface area contributed by atoms with Crippen molar-refractivity contribution in [3.05, 3.63) is 42.7 Å². The molecule has 0 aliphatic carbocycles. The summed E-state index contributed by atoms with van der Waals surface area (Å²) >= 11 is 0. The summed E-state index contributed by atoms with van der Waals surface area (Å²) in [5.74, 6) is 1.59. The molecule has 7 nitrogen and oxygen atoms in total. The van der Waals surface area contributed by atoms with E-state index in [2.05, 4.69) is 21.8 Å². The van der Waals surface area contributed by atoms with Crippen molar-refractivity contribution < 1.29 is 9.53 Å². The van der Waals surface area contributed by atoms with Crippen molar-refractivity contribution in [3.63, 3.8) is 0 Å². The summed E-state index contributed by atoms with van der Waals surface area (Å²) in [4.78, 5) is 25.2. The van der Waals surface area contributed by atoms with Crippen LogP contribution in [0.4, 0.5) is 0 Å². The van der Waals surface area contributed by atoms with Crippen LogP contribution in [0.2, 0.25) is 0 Å². The SMILES string of the molecule is CCN1CCN(C(=O)COc2cccnc2)C[C@@H]1c1nccn1C. The van der Waals surface area contributed by atoms with E-state index in [0.29, 0.717) is 18.8 Å². The van der Waals surface area contributed by atoms with Gasteiger partial charge >= 0.3 is 0 Å². The fourth-order valence-corrected chi connectivity index (χ4v) is 3.04. The lowest BCUT2D eigenvalue weighted by Gasteiger charge is -2.40. The first-order chi connectivity index (χ1) is 11.7. The average Bonchev–Trinajstić information content (AvgIpc) is 3.05. The maximum absolute atomic E-state index is 12.5. The Morgan fingerprint density at radius 3 is 2.92 bits per heavy atom. The molecule has 0 unspecified atom stereocenters. The van der Waals surface area contributed by atoms with E-state index in [0.717, 1.165) is 18.9 Å². The van der Waals surface area contributed by atoms with Gasteiger partial charge in [-0.3, -0.25) is 14.7 Å². The lowest BCUT2D eigenvalue weighted by Crippen LogP contribution is -2.52. The molecule has 3 rings (SSSR count). The maximum Gasteiger partial charge on any atom is 0.260 e. The summed E-state index contributed by atoms with van der Waals surface area (Å²) in [6.07, 6.45) is 7.03. The minimum Gasteiger partial charge on any atom is -0.482 e. The molecule has 0 N–H and O–H groups in total. The van der Waals surface area contributed by atoms with E-state index in [1.54, 1.807) is 30.7 Å². The highest BCUT2D eigenvalue weighted by Crippen LogP contribution is 2.23. The molecule has 0 bridgehead atoms. The molecule has 3 heterocycles. The molecule has 24 heavy (non-hydrogen) atoms. The number of nitrogens with zero attached hydrogens (tertiary/aromatic N) is 5. The molecule has 1 aliphatic heterocycles. The zero-order chi connectivity index (χ0) is 16.9. The van der Waals surface area contributed by atoms with Crippen molar-refractivity contribution in [2.45, 2.75) is 13.0 Å². The number of piperazine rings is 1. The van der Waals surface area contributed by atoms with Crippen molar-refractivity contribution in [2.24, 2.45) is 7.05 Å². The molecule has 1 fully saturated rings. The van der Waals surface area contributed by atoms with Gasteiger partial charge in [-0.15, -0.1) is 0 Å². The summed E-state index contributed by atoms with van der Waals surface area (Å²) in [5, 5.41) is 0. The molecule has 0 spiro atoms. The first kappa shape index (κ1) is 16.4. The number of carbonyl (C=O) groups is 1. The van der Waals surface area contributed by atoms with Gasteiger partial charge in [-0.05, 0) is 18.7 Å². The second-order valence-electron chi connectivity index (χ2n) is 5.86. The highest BCUT2D eigenvalue weighted by atomic mass is 16.5. The molecular weight excluding hydrogens is 306 g/mol. The molecule has 0 saturated carbocycles. The Hall–Kier alpha value is -2.41. The maximum atomic E-state index is 12.5. The third kappa shape index (κ3) is 3.56. The van der Waals surface area contributed by atoms with Gasteiger partial charge in [-0.1, -0.05) is 6.92 Å². The summed E-state index contributed by atoms with van der Waals surface area (Å²) in [7, 11) is 1.99. The van der Waals surface area contributed by atoms with Gasteiger partial charge in [-0.2, -0.15) is 0 Å². The van der Waals surface area contributed by atoms with E-state index in [4.69, 9.17) is 4.74 Å². The number of hydrogen-bond donors (Lipinski definition) is 0. The highest BCUT2D eigenvalue weighted by Gasteiger charge is 2.31. The number of imidazole rings is 1. The molecule has 128 valence electrons. The zero-order valence-electron chi connectivity index (χ0n) is 14.1. The van der Waals surface area contributed by atoms with Gasteiger partial charge in [0.2, 0.25) is 0 Å².